The van der Waals surface area contributed by atoms with Crippen LogP contribution in [-0.4, -0.2) is 85.1 Å². The van der Waals surface area contributed by atoms with Gasteiger partial charge in [-0.1, -0.05) is 19.3 Å². The lowest BCUT2D eigenvalue weighted by Gasteiger charge is -2.37. The van der Waals surface area contributed by atoms with Gasteiger partial charge in [-0.3, -0.25) is 4.79 Å². The Labute approximate surface area is 235 Å². The van der Waals surface area contributed by atoms with Crippen molar-refractivity contribution in [3.63, 3.8) is 0 Å². The summed E-state index contributed by atoms with van der Waals surface area (Å²) in [5.74, 6) is -1.35. The van der Waals surface area contributed by atoms with Crippen molar-refractivity contribution in [2.75, 3.05) is 45.9 Å². The summed E-state index contributed by atoms with van der Waals surface area (Å²) < 4.78 is 40.6. The highest BCUT2D eigenvalue weighted by Crippen LogP contribution is 2.28. The van der Waals surface area contributed by atoms with E-state index in [1.165, 1.54) is 37.0 Å². The van der Waals surface area contributed by atoms with E-state index in [4.69, 9.17) is 9.47 Å². The first-order chi connectivity index (χ1) is 18.5. The highest BCUT2D eigenvalue weighted by Gasteiger charge is 2.45. The summed E-state index contributed by atoms with van der Waals surface area (Å²) in [6.07, 6.45) is 6.39. The number of ether oxygens (including phenoxy) is 2. The molecule has 4 rings (SSSR count). The van der Waals surface area contributed by atoms with Gasteiger partial charge >= 0.3 is 6.09 Å². The van der Waals surface area contributed by atoms with Gasteiger partial charge in [0, 0.05) is 37.6 Å². The van der Waals surface area contributed by atoms with Crippen LogP contribution in [0.5, 0.6) is 5.75 Å². The third kappa shape index (κ3) is 11.5. The first kappa shape index (κ1) is 31.4. The molecule has 2 amide bonds. The number of carbonyl (C=O) groups is 2. The van der Waals surface area contributed by atoms with Crippen LogP contribution >= 0.6 is 11.9 Å². The molecule has 1 atom stereocenters. The Hall–Kier alpha value is -2.11. The number of nitrogens with one attached hydrogen (secondary N) is 2. The minimum atomic E-state index is -3.14. The van der Waals surface area contributed by atoms with E-state index in [-0.39, 0.29) is 13.0 Å². The van der Waals surface area contributed by atoms with Crippen LogP contribution in [0.25, 0.3) is 0 Å². The van der Waals surface area contributed by atoms with Crippen LogP contribution in [0.3, 0.4) is 0 Å². The first-order valence-corrected chi connectivity index (χ1v) is 14.7. The van der Waals surface area contributed by atoms with Crippen molar-refractivity contribution in [1.29, 1.82) is 0 Å². The summed E-state index contributed by atoms with van der Waals surface area (Å²) in [6.45, 7) is 9.78. The van der Waals surface area contributed by atoms with Gasteiger partial charge in [-0.15, -0.1) is 0 Å². The molecule has 3 aliphatic rings. The number of hydrogen-bond acceptors (Lipinski definition) is 7. The molecule has 0 aromatic heterocycles. The zero-order chi connectivity index (χ0) is 28.3. The SMILES string of the molecule is CC(C)(C)OC(=O)NC1CCN(C=O)CC1(F)F.c1cc(SN2CCNCC2)ccc1OCC1CCCCC1. The molecule has 8 nitrogen and oxygen atoms in total. The fraction of sp³-hybridized carbons (Fsp3) is 0.714. The number of halogens is 2. The standard InChI is InChI=1S/C17H26N2OS.C11H18F2N2O3/c1-2-4-15(5-3-1)14-20-16-6-8-17(9-7-16)21-19-12-10-18-11-13-19;1-10(2,3)18-9(17)14-8-4-5-15(7-16)6-11(8,12)13/h6-9,15,18H,1-5,10-14H2;7-8H,4-6H2,1-3H3,(H,14,17). The second-order valence-electron chi connectivity index (χ2n) is 11.4. The fourth-order valence-corrected chi connectivity index (χ4v) is 5.65. The van der Waals surface area contributed by atoms with Crippen molar-refractivity contribution in [3.05, 3.63) is 24.3 Å². The molecule has 11 heteroatoms. The smallest absolute Gasteiger partial charge is 0.408 e. The summed E-state index contributed by atoms with van der Waals surface area (Å²) in [6, 6.07) is 7.30. The van der Waals surface area contributed by atoms with Crippen molar-refractivity contribution in [2.24, 2.45) is 5.92 Å². The second-order valence-corrected chi connectivity index (χ2v) is 12.6. The number of carbonyl (C=O) groups excluding carboxylic acids is 2. The van der Waals surface area contributed by atoms with Crippen molar-refractivity contribution in [3.8, 4) is 5.75 Å². The Morgan fingerprint density at radius 1 is 1.10 bits per heavy atom. The number of nitrogens with zero attached hydrogens (tertiary/aromatic N) is 2. The summed E-state index contributed by atoms with van der Waals surface area (Å²) >= 11 is 1.86. The highest BCUT2D eigenvalue weighted by atomic mass is 32.2. The van der Waals surface area contributed by atoms with Crippen molar-refractivity contribution < 1.29 is 27.8 Å². The number of alkyl halides is 2. The van der Waals surface area contributed by atoms with Crippen molar-refractivity contribution in [1.82, 2.24) is 19.8 Å². The topological polar surface area (TPSA) is 83.1 Å². The summed E-state index contributed by atoms with van der Waals surface area (Å²) in [7, 11) is 0. The summed E-state index contributed by atoms with van der Waals surface area (Å²) in [5, 5.41) is 5.54. The Balaban J connectivity index is 0.000000219. The number of alkyl carbamates (subject to hydrolysis) is 1. The number of benzene rings is 1. The molecule has 0 bridgehead atoms. The predicted octanol–water partition coefficient (Wildman–Crippen LogP) is 4.94. The number of piperazine rings is 1. The van der Waals surface area contributed by atoms with Gasteiger partial charge in [0.1, 0.15) is 11.4 Å². The molecule has 2 heterocycles. The van der Waals surface area contributed by atoms with Gasteiger partial charge < -0.3 is 25.0 Å². The van der Waals surface area contributed by atoms with E-state index in [0.717, 1.165) is 49.4 Å². The van der Waals surface area contributed by atoms with Gasteiger partial charge in [-0.2, -0.15) is 0 Å². The van der Waals surface area contributed by atoms with E-state index < -0.39 is 30.2 Å². The zero-order valence-electron chi connectivity index (χ0n) is 23.4. The molecule has 0 spiro atoms. The van der Waals surface area contributed by atoms with Gasteiger partial charge in [0.05, 0.1) is 19.2 Å². The fourth-order valence-electron chi connectivity index (χ4n) is 4.73. The highest BCUT2D eigenvalue weighted by molar-refractivity contribution is 7.97. The Kier molecular flexibility index (Phi) is 12.1. The maximum absolute atomic E-state index is 13.6. The lowest BCUT2D eigenvalue weighted by molar-refractivity contribution is -0.132. The first-order valence-electron chi connectivity index (χ1n) is 14.0. The minimum Gasteiger partial charge on any atom is -0.493 e. The second kappa shape index (κ2) is 15.0. The van der Waals surface area contributed by atoms with E-state index >= 15 is 0 Å². The van der Waals surface area contributed by atoms with Crippen LogP contribution in [0, 0.1) is 5.92 Å². The molecule has 2 aliphatic heterocycles. The molecule has 1 saturated carbocycles. The summed E-state index contributed by atoms with van der Waals surface area (Å²) in [5.41, 5.74) is -0.733. The predicted molar refractivity (Wildman–Crippen MR) is 149 cm³/mol. The maximum atomic E-state index is 13.6. The van der Waals surface area contributed by atoms with Crippen LogP contribution in [-0.2, 0) is 9.53 Å². The average molecular weight is 571 g/mol. The molecule has 39 heavy (non-hydrogen) atoms. The van der Waals surface area contributed by atoms with Crippen LogP contribution in [0.2, 0.25) is 0 Å². The lowest BCUT2D eigenvalue weighted by atomic mass is 9.90. The molecule has 220 valence electrons. The molecule has 1 unspecified atom stereocenters. The van der Waals surface area contributed by atoms with E-state index in [1.807, 2.05) is 11.9 Å². The number of piperidine rings is 1. The van der Waals surface area contributed by atoms with Crippen LogP contribution in [0.15, 0.2) is 29.2 Å². The minimum absolute atomic E-state index is 0.00494. The molecule has 0 radical (unpaired) electrons. The third-order valence-electron chi connectivity index (χ3n) is 6.81. The van der Waals surface area contributed by atoms with Crippen molar-refractivity contribution in [2.45, 2.75) is 81.8 Å². The molecule has 2 N–H and O–H groups in total. The quantitative estimate of drug-likeness (QED) is 0.355. The van der Waals surface area contributed by atoms with Crippen LogP contribution in [0.4, 0.5) is 13.6 Å². The van der Waals surface area contributed by atoms with Crippen LogP contribution < -0.4 is 15.4 Å². The Morgan fingerprint density at radius 2 is 1.77 bits per heavy atom. The summed E-state index contributed by atoms with van der Waals surface area (Å²) in [4.78, 5) is 24.2. The molecule has 3 fully saturated rings. The van der Waals surface area contributed by atoms with Crippen molar-refractivity contribution >= 4 is 24.5 Å². The molecular weight excluding hydrogens is 526 g/mol. The van der Waals surface area contributed by atoms with Gasteiger partial charge in [0.2, 0.25) is 6.41 Å². The van der Waals surface area contributed by atoms with E-state index in [9.17, 15) is 18.4 Å². The van der Waals surface area contributed by atoms with Crippen LogP contribution in [0.1, 0.15) is 59.3 Å². The monoisotopic (exact) mass is 570 g/mol. The van der Waals surface area contributed by atoms with Gasteiger partial charge in [0.25, 0.3) is 5.92 Å². The molecule has 2 saturated heterocycles. The van der Waals surface area contributed by atoms with Gasteiger partial charge in [0.15, 0.2) is 0 Å². The van der Waals surface area contributed by atoms with E-state index in [1.54, 1.807) is 20.8 Å². The maximum Gasteiger partial charge on any atom is 0.408 e. The lowest BCUT2D eigenvalue weighted by Crippen LogP contribution is -2.58. The number of hydrogen-bond donors (Lipinski definition) is 2. The largest absolute Gasteiger partial charge is 0.493 e. The Bertz CT molecular complexity index is 889. The van der Waals surface area contributed by atoms with E-state index in [0.29, 0.717) is 6.41 Å². The zero-order valence-corrected chi connectivity index (χ0v) is 24.2. The molecular formula is C28H44F2N4O4S. The molecule has 1 aromatic carbocycles. The molecule has 1 aromatic rings. The number of likely N-dealkylation sites (tertiary alicyclic amines) is 1. The van der Waals surface area contributed by atoms with E-state index in [2.05, 4.69) is 39.2 Å². The average Bonchev–Trinajstić information content (AvgIpc) is 2.90. The Morgan fingerprint density at radius 3 is 2.36 bits per heavy atom. The third-order valence-corrected chi connectivity index (χ3v) is 7.92. The number of amides is 2. The number of rotatable bonds is 7. The molecule has 1 aliphatic carbocycles. The van der Waals surface area contributed by atoms with Gasteiger partial charge in [-0.05, 0) is 82.2 Å². The normalized spacial score (nSPS) is 22.3. The van der Waals surface area contributed by atoms with Gasteiger partial charge in [-0.25, -0.2) is 17.9 Å².